The lowest BCUT2D eigenvalue weighted by Crippen LogP contribution is -2.36. The fraction of sp³-hybridized carbons (Fsp3) is 0.292. The van der Waals surface area contributed by atoms with Gasteiger partial charge in [-0.15, -0.1) is 5.10 Å². The van der Waals surface area contributed by atoms with Crippen LogP contribution < -0.4 is 5.32 Å². The molecule has 3 aromatic rings. The van der Waals surface area contributed by atoms with E-state index in [9.17, 15) is 20.0 Å². The van der Waals surface area contributed by atoms with Gasteiger partial charge in [-0.3, -0.25) is 14.9 Å². The Hall–Kier alpha value is -3.37. The Kier molecular flexibility index (Phi) is 5.80. The summed E-state index contributed by atoms with van der Waals surface area (Å²) in [5.74, 6) is 0.526. The number of Topliss-reactive ketones (excluding diaryl/α,β-unsaturated/α-hetero) is 1. The van der Waals surface area contributed by atoms with Gasteiger partial charge in [0, 0.05) is 34.5 Å². The molecule has 9 nitrogen and oxygen atoms in total. The molecule has 5 rings (SSSR count). The zero-order valence-electron chi connectivity index (χ0n) is 19.0. The predicted molar refractivity (Wildman–Crippen MR) is 133 cm³/mol. The number of ketones is 1. The number of nitrogens with one attached hydrogen (secondary N) is 1. The molecule has 0 spiro atoms. The molecule has 0 amide bonds. The summed E-state index contributed by atoms with van der Waals surface area (Å²) in [6.07, 6.45) is 0.974. The molecule has 2 aliphatic rings. The van der Waals surface area contributed by atoms with Crippen LogP contribution in [0.3, 0.4) is 0 Å². The molecule has 35 heavy (non-hydrogen) atoms. The highest BCUT2D eigenvalue weighted by Gasteiger charge is 2.42. The van der Waals surface area contributed by atoms with Gasteiger partial charge in [0.15, 0.2) is 11.5 Å². The minimum atomic E-state index is -0.702. The van der Waals surface area contributed by atoms with Gasteiger partial charge in [-0.1, -0.05) is 61.5 Å². The van der Waals surface area contributed by atoms with E-state index in [0.717, 1.165) is 11.3 Å². The van der Waals surface area contributed by atoms with Gasteiger partial charge in [0.2, 0.25) is 11.1 Å². The molecule has 11 heteroatoms. The number of fused-ring (bicyclic) bond motifs is 1. The second kappa shape index (κ2) is 8.69. The number of aromatic nitrogens is 3. The smallest absolute Gasteiger partial charge is 0.311 e. The van der Waals surface area contributed by atoms with Gasteiger partial charge >= 0.3 is 5.69 Å². The summed E-state index contributed by atoms with van der Waals surface area (Å²) >= 11 is 7.69. The second-order valence-corrected chi connectivity index (χ2v) is 10.8. The summed E-state index contributed by atoms with van der Waals surface area (Å²) in [7, 11) is 0. The lowest BCUT2D eigenvalue weighted by Gasteiger charge is -2.38. The molecule has 2 aromatic carbocycles. The van der Waals surface area contributed by atoms with Crippen LogP contribution >= 0.6 is 23.4 Å². The molecular weight excluding hydrogens is 490 g/mol. The molecule has 1 aliphatic heterocycles. The van der Waals surface area contributed by atoms with Crippen molar-refractivity contribution in [2.24, 2.45) is 5.41 Å². The minimum absolute atomic E-state index is 0.0455. The van der Waals surface area contributed by atoms with Crippen molar-refractivity contribution < 1.29 is 14.8 Å². The van der Waals surface area contributed by atoms with Crippen LogP contribution in [0.4, 0.5) is 11.6 Å². The summed E-state index contributed by atoms with van der Waals surface area (Å²) < 4.78 is 1.60. The number of carbonyl (C=O) groups excluding carboxylic acids is 1. The molecule has 0 saturated heterocycles. The Morgan fingerprint density at radius 2 is 2.06 bits per heavy atom. The van der Waals surface area contributed by atoms with E-state index in [4.69, 9.17) is 11.6 Å². The molecule has 1 unspecified atom stereocenters. The molecule has 2 N–H and O–H groups in total. The summed E-state index contributed by atoms with van der Waals surface area (Å²) in [6.45, 7) is 4.06. The number of halogens is 1. The Labute approximate surface area is 210 Å². The van der Waals surface area contributed by atoms with Crippen LogP contribution in [0.5, 0.6) is 5.75 Å². The van der Waals surface area contributed by atoms with E-state index in [-0.39, 0.29) is 11.2 Å². The number of carbonyl (C=O) groups is 1. The molecular formula is C24H22ClN5O4S. The zero-order chi connectivity index (χ0) is 24.9. The van der Waals surface area contributed by atoms with Gasteiger partial charge in [0.1, 0.15) is 6.04 Å². The van der Waals surface area contributed by atoms with Crippen molar-refractivity contribution in [3.63, 3.8) is 0 Å². The SMILES string of the molecule is CC1(C)CC(=O)C2=C(C1)Nc1nc(SCc3ccccc3Cl)nn1C2c1ccc(O)c([N+](=O)[O-])c1. The molecule has 2 heterocycles. The fourth-order valence-corrected chi connectivity index (χ4v) is 5.69. The average Bonchev–Trinajstić information content (AvgIpc) is 3.19. The van der Waals surface area contributed by atoms with Gasteiger partial charge in [-0.05, 0) is 35.1 Å². The van der Waals surface area contributed by atoms with Crippen LogP contribution in [0.1, 0.15) is 43.9 Å². The van der Waals surface area contributed by atoms with Crippen LogP contribution in [0.2, 0.25) is 5.02 Å². The standard InChI is InChI=1S/C24H22ClN5O4S/c1-24(2)10-16-20(19(32)11-24)21(13-7-8-18(31)17(9-13)30(33)34)29-22(26-16)27-23(28-29)35-12-14-5-3-4-6-15(14)25/h3-9,21,31H,10-12H2,1-2H3,(H,26,27,28). The summed E-state index contributed by atoms with van der Waals surface area (Å²) in [5.41, 5.74) is 2.02. The molecule has 0 fully saturated rings. The van der Waals surface area contributed by atoms with E-state index in [1.165, 1.54) is 23.9 Å². The highest BCUT2D eigenvalue weighted by molar-refractivity contribution is 7.98. The van der Waals surface area contributed by atoms with Crippen molar-refractivity contribution in [3.05, 3.63) is 80.0 Å². The van der Waals surface area contributed by atoms with E-state index in [1.54, 1.807) is 10.7 Å². The van der Waals surface area contributed by atoms with Gasteiger partial charge in [0.05, 0.1) is 4.92 Å². The number of benzene rings is 2. The van der Waals surface area contributed by atoms with E-state index in [1.807, 2.05) is 38.1 Å². The topological polar surface area (TPSA) is 123 Å². The lowest BCUT2D eigenvalue weighted by molar-refractivity contribution is -0.385. The molecule has 1 aliphatic carbocycles. The van der Waals surface area contributed by atoms with E-state index >= 15 is 0 Å². The first-order valence-corrected chi connectivity index (χ1v) is 12.3. The maximum Gasteiger partial charge on any atom is 0.311 e. The van der Waals surface area contributed by atoms with Crippen LogP contribution in [0.15, 0.2) is 58.9 Å². The number of phenolic OH excluding ortho intramolecular Hbond substituents is 1. The van der Waals surface area contributed by atoms with Crippen molar-refractivity contribution in [3.8, 4) is 5.75 Å². The van der Waals surface area contributed by atoms with Crippen molar-refractivity contribution in [1.82, 2.24) is 14.8 Å². The van der Waals surface area contributed by atoms with Crippen LogP contribution in [-0.4, -0.2) is 30.6 Å². The third kappa shape index (κ3) is 4.39. The number of anilines is 1. The number of nitro groups is 1. The molecule has 0 radical (unpaired) electrons. The van der Waals surface area contributed by atoms with Crippen molar-refractivity contribution >= 4 is 40.8 Å². The molecule has 180 valence electrons. The third-order valence-electron chi connectivity index (χ3n) is 6.14. The average molecular weight is 512 g/mol. The number of rotatable bonds is 5. The van der Waals surface area contributed by atoms with E-state index < -0.39 is 22.4 Å². The van der Waals surface area contributed by atoms with Gasteiger partial charge in [0.25, 0.3) is 0 Å². The van der Waals surface area contributed by atoms with Gasteiger partial charge in [-0.2, -0.15) is 4.98 Å². The second-order valence-electron chi connectivity index (χ2n) is 9.41. The Morgan fingerprint density at radius 1 is 1.29 bits per heavy atom. The van der Waals surface area contributed by atoms with E-state index in [0.29, 0.717) is 45.9 Å². The number of allylic oxidation sites excluding steroid dienone is 2. The number of nitro benzene ring substituents is 1. The first-order valence-electron chi connectivity index (χ1n) is 11.0. The maximum atomic E-state index is 13.3. The molecule has 0 saturated carbocycles. The highest BCUT2D eigenvalue weighted by atomic mass is 35.5. The number of thioether (sulfide) groups is 1. The number of hydrogen-bond donors (Lipinski definition) is 2. The summed E-state index contributed by atoms with van der Waals surface area (Å²) in [5, 5.41) is 30.5. The Morgan fingerprint density at radius 3 is 2.80 bits per heavy atom. The number of phenols is 1. The lowest BCUT2D eigenvalue weighted by atomic mass is 9.73. The molecule has 1 aromatic heterocycles. The van der Waals surface area contributed by atoms with Crippen molar-refractivity contribution in [2.45, 2.75) is 43.6 Å². The van der Waals surface area contributed by atoms with Crippen LogP contribution in [-0.2, 0) is 10.5 Å². The molecule has 0 bridgehead atoms. The van der Waals surface area contributed by atoms with Gasteiger partial charge in [-0.25, -0.2) is 4.68 Å². The monoisotopic (exact) mass is 511 g/mol. The van der Waals surface area contributed by atoms with Crippen LogP contribution in [0, 0.1) is 15.5 Å². The Balaban J connectivity index is 1.58. The summed E-state index contributed by atoms with van der Waals surface area (Å²) in [4.78, 5) is 28.8. The van der Waals surface area contributed by atoms with Crippen molar-refractivity contribution in [1.29, 1.82) is 0 Å². The largest absolute Gasteiger partial charge is 0.502 e. The fourth-order valence-electron chi connectivity index (χ4n) is 4.57. The number of hydrogen-bond acceptors (Lipinski definition) is 8. The normalized spacial score (nSPS) is 18.6. The molecule has 1 atom stereocenters. The predicted octanol–water partition coefficient (Wildman–Crippen LogP) is 5.50. The van der Waals surface area contributed by atoms with Crippen molar-refractivity contribution in [2.75, 3.05) is 5.32 Å². The number of nitrogens with zero attached hydrogens (tertiary/aromatic N) is 4. The van der Waals surface area contributed by atoms with Crippen LogP contribution in [0.25, 0.3) is 0 Å². The quantitative estimate of drug-likeness (QED) is 0.261. The highest BCUT2D eigenvalue weighted by Crippen LogP contribution is 2.46. The third-order valence-corrected chi connectivity index (χ3v) is 7.39. The maximum absolute atomic E-state index is 13.3. The Bertz CT molecular complexity index is 1400. The zero-order valence-corrected chi connectivity index (χ0v) is 20.6. The summed E-state index contributed by atoms with van der Waals surface area (Å²) in [6, 6.07) is 11.0. The van der Waals surface area contributed by atoms with E-state index in [2.05, 4.69) is 15.4 Å². The first kappa shape index (κ1) is 23.4. The first-order chi connectivity index (χ1) is 16.6. The minimum Gasteiger partial charge on any atom is -0.502 e. The van der Waals surface area contributed by atoms with Gasteiger partial charge < -0.3 is 10.4 Å². The number of aromatic hydroxyl groups is 1.